The Kier molecular flexibility index (Phi) is 7.07. The zero-order valence-electron chi connectivity index (χ0n) is 19.8. The van der Waals surface area contributed by atoms with Gasteiger partial charge in [0.1, 0.15) is 5.75 Å². The Morgan fingerprint density at radius 2 is 1.82 bits per heavy atom. The van der Waals surface area contributed by atoms with Crippen molar-refractivity contribution in [2.24, 2.45) is 5.92 Å². The molecule has 2 atom stereocenters. The molecule has 1 aromatic carbocycles. The van der Waals surface area contributed by atoms with Gasteiger partial charge in [-0.05, 0) is 44.1 Å². The molecule has 4 rings (SSSR count). The molecule has 2 heterocycles. The van der Waals surface area contributed by atoms with E-state index in [1.54, 1.807) is 18.1 Å². The summed E-state index contributed by atoms with van der Waals surface area (Å²) in [5.74, 6) is 0.183. The number of piperidine rings is 1. The third-order valence-electron chi connectivity index (χ3n) is 7.97. The number of benzene rings is 1. The number of rotatable bonds is 7. The third kappa shape index (κ3) is 4.39. The van der Waals surface area contributed by atoms with Gasteiger partial charge in [-0.15, -0.1) is 0 Å². The van der Waals surface area contributed by atoms with Crippen LogP contribution in [0.5, 0.6) is 5.75 Å². The number of hydrogen-bond donors (Lipinski definition) is 1. The Morgan fingerprint density at radius 3 is 2.45 bits per heavy atom. The Bertz CT molecular complexity index is 888. The van der Waals surface area contributed by atoms with Gasteiger partial charge in [-0.2, -0.15) is 0 Å². The number of imide groups is 1. The van der Waals surface area contributed by atoms with E-state index in [9.17, 15) is 19.5 Å². The van der Waals surface area contributed by atoms with Gasteiger partial charge in [0.15, 0.2) is 0 Å². The van der Waals surface area contributed by atoms with E-state index in [1.807, 2.05) is 25.1 Å². The minimum absolute atomic E-state index is 0.000535. The molecule has 0 radical (unpaired) electrons. The van der Waals surface area contributed by atoms with Gasteiger partial charge >= 0.3 is 0 Å². The molecule has 2 aliphatic heterocycles. The molecule has 3 fully saturated rings. The number of likely N-dealkylation sites (tertiary alicyclic amines) is 2. The molecule has 1 aliphatic carbocycles. The topological polar surface area (TPSA) is 87.2 Å². The highest BCUT2D eigenvalue weighted by atomic mass is 16.5. The largest absolute Gasteiger partial charge is 0.496 e. The van der Waals surface area contributed by atoms with Crippen LogP contribution < -0.4 is 4.74 Å². The predicted molar refractivity (Wildman–Crippen MR) is 124 cm³/mol. The van der Waals surface area contributed by atoms with Crippen molar-refractivity contribution in [3.8, 4) is 5.75 Å². The first kappa shape index (κ1) is 23.7. The molecule has 0 spiro atoms. The summed E-state index contributed by atoms with van der Waals surface area (Å²) < 4.78 is 5.57. The van der Waals surface area contributed by atoms with Gasteiger partial charge in [0.25, 0.3) is 0 Å². The lowest BCUT2D eigenvalue weighted by Crippen LogP contribution is -2.47. The zero-order chi connectivity index (χ0) is 23.6. The van der Waals surface area contributed by atoms with E-state index < -0.39 is 5.41 Å². The van der Waals surface area contributed by atoms with Crippen LogP contribution >= 0.6 is 0 Å². The number of nitrogens with zero attached hydrogens (tertiary/aromatic N) is 2. The molecule has 1 aromatic rings. The highest BCUT2D eigenvalue weighted by Crippen LogP contribution is 2.46. The lowest BCUT2D eigenvalue weighted by Gasteiger charge is -2.36. The number of methoxy groups -OCH3 is 1. The van der Waals surface area contributed by atoms with Crippen LogP contribution in [0.4, 0.5) is 0 Å². The Balaban J connectivity index is 1.62. The standard InChI is InChI=1S/C26H36N2O5/c1-3-21(29)18-12-14-27(15-13-18)23(30)16-26(20-10-6-7-11-22(20)33-2)17-24(31)28(25(26)32)19-8-4-5-9-19/h6-7,10-11,18-19,21,29H,3-5,8-9,12-17H2,1-2H3/t21-,26-/m0/s1. The van der Waals surface area contributed by atoms with Crippen molar-refractivity contribution in [3.63, 3.8) is 0 Å². The third-order valence-corrected chi connectivity index (χ3v) is 7.97. The summed E-state index contributed by atoms with van der Waals surface area (Å²) in [6, 6.07) is 7.20. The molecular weight excluding hydrogens is 420 g/mol. The molecule has 180 valence electrons. The smallest absolute Gasteiger partial charge is 0.241 e. The first-order chi connectivity index (χ1) is 15.9. The fraction of sp³-hybridized carbons (Fsp3) is 0.654. The normalized spacial score (nSPS) is 25.7. The van der Waals surface area contributed by atoms with Gasteiger partial charge in [-0.3, -0.25) is 19.3 Å². The second-order valence-electron chi connectivity index (χ2n) is 9.84. The molecular formula is C26H36N2O5. The van der Waals surface area contributed by atoms with E-state index in [2.05, 4.69) is 0 Å². The fourth-order valence-corrected chi connectivity index (χ4v) is 6.02. The minimum atomic E-state index is -1.23. The maximum atomic E-state index is 13.9. The molecule has 0 aromatic heterocycles. The van der Waals surface area contributed by atoms with Crippen molar-refractivity contribution < 1.29 is 24.2 Å². The van der Waals surface area contributed by atoms with Gasteiger partial charge in [0.05, 0.1) is 18.6 Å². The molecule has 0 bridgehead atoms. The van der Waals surface area contributed by atoms with Crippen LogP contribution in [0.2, 0.25) is 0 Å². The highest BCUT2D eigenvalue weighted by molar-refractivity contribution is 6.11. The number of amides is 3. The van der Waals surface area contributed by atoms with E-state index in [0.717, 1.165) is 38.5 Å². The molecule has 33 heavy (non-hydrogen) atoms. The summed E-state index contributed by atoms with van der Waals surface area (Å²) in [5.41, 5.74) is -0.612. The maximum absolute atomic E-state index is 13.9. The van der Waals surface area contributed by atoms with Crippen LogP contribution in [0, 0.1) is 5.92 Å². The molecule has 1 saturated carbocycles. The average Bonchev–Trinajstić information content (AvgIpc) is 3.45. The van der Waals surface area contributed by atoms with Crippen molar-refractivity contribution in [2.45, 2.75) is 82.3 Å². The van der Waals surface area contributed by atoms with Crippen molar-refractivity contribution in [1.82, 2.24) is 9.80 Å². The van der Waals surface area contributed by atoms with E-state index in [4.69, 9.17) is 4.74 Å². The number of aliphatic hydroxyl groups excluding tert-OH is 1. The summed E-state index contributed by atoms with van der Waals surface area (Å²) in [6.45, 7) is 3.10. The number of hydrogen-bond acceptors (Lipinski definition) is 5. The van der Waals surface area contributed by atoms with Crippen LogP contribution in [0.15, 0.2) is 24.3 Å². The first-order valence-electron chi connectivity index (χ1n) is 12.4. The Hall–Kier alpha value is -2.41. The first-order valence-corrected chi connectivity index (χ1v) is 12.4. The molecule has 1 N–H and O–H groups in total. The van der Waals surface area contributed by atoms with Gasteiger partial charge in [-0.1, -0.05) is 38.0 Å². The van der Waals surface area contributed by atoms with Crippen LogP contribution in [-0.2, 0) is 19.8 Å². The molecule has 3 amide bonds. The monoisotopic (exact) mass is 456 g/mol. The molecule has 7 nitrogen and oxygen atoms in total. The SMILES string of the molecule is CC[C@H](O)C1CCN(C(=O)C[C@@]2(c3ccccc3OC)CC(=O)N(C3CCCC3)C2=O)CC1. The quantitative estimate of drug-likeness (QED) is 0.638. The van der Waals surface area contributed by atoms with Gasteiger partial charge in [0, 0.05) is 37.5 Å². The summed E-state index contributed by atoms with van der Waals surface area (Å²) in [5, 5.41) is 10.2. The summed E-state index contributed by atoms with van der Waals surface area (Å²) in [4.78, 5) is 43.9. The van der Waals surface area contributed by atoms with E-state index in [-0.39, 0.29) is 48.6 Å². The number of carbonyl (C=O) groups is 3. The summed E-state index contributed by atoms with van der Waals surface area (Å²) >= 11 is 0. The summed E-state index contributed by atoms with van der Waals surface area (Å²) in [6.07, 6.45) is 5.54. The number of carbonyl (C=O) groups excluding carboxylic acids is 3. The van der Waals surface area contributed by atoms with E-state index >= 15 is 0 Å². The number of aliphatic hydroxyl groups is 1. The van der Waals surface area contributed by atoms with Gasteiger partial charge in [0.2, 0.25) is 17.7 Å². The number of ether oxygens (including phenoxy) is 1. The van der Waals surface area contributed by atoms with Gasteiger partial charge < -0.3 is 14.7 Å². The zero-order valence-corrected chi connectivity index (χ0v) is 19.8. The van der Waals surface area contributed by atoms with Crippen molar-refractivity contribution >= 4 is 17.7 Å². The van der Waals surface area contributed by atoms with E-state index in [1.165, 1.54) is 4.90 Å². The Morgan fingerprint density at radius 1 is 1.15 bits per heavy atom. The van der Waals surface area contributed by atoms with Crippen molar-refractivity contribution in [1.29, 1.82) is 0 Å². The molecule has 2 saturated heterocycles. The second kappa shape index (κ2) is 9.84. The van der Waals surface area contributed by atoms with Crippen LogP contribution in [0.1, 0.15) is 70.3 Å². The lowest BCUT2D eigenvalue weighted by molar-refractivity contribution is -0.145. The fourth-order valence-electron chi connectivity index (χ4n) is 6.02. The van der Waals surface area contributed by atoms with Crippen LogP contribution in [0.3, 0.4) is 0 Å². The van der Waals surface area contributed by atoms with Gasteiger partial charge in [-0.25, -0.2) is 0 Å². The van der Waals surface area contributed by atoms with Crippen molar-refractivity contribution in [3.05, 3.63) is 29.8 Å². The number of para-hydroxylation sites is 1. The molecule has 7 heteroatoms. The molecule has 3 aliphatic rings. The van der Waals surface area contributed by atoms with Crippen LogP contribution in [0.25, 0.3) is 0 Å². The van der Waals surface area contributed by atoms with Crippen LogP contribution in [-0.4, -0.2) is 65.0 Å². The maximum Gasteiger partial charge on any atom is 0.241 e. The lowest BCUT2D eigenvalue weighted by atomic mass is 9.75. The second-order valence-corrected chi connectivity index (χ2v) is 9.84. The predicted octanol–water partition coefficient (Wildman–Crippen LogP) is 3.03. The van der Waals surface area contributed by atoms with E-state index in [0.29, 0.717) is 30.8 Å². The Labute approximate surface area is 196 Å². The highest BCUT2D eigenvalue weighted by Gasteiger charge is 2.57. The minimum Gasteiger partial charge on any atom is -0.496 e. The molecule has 0 unspecified atom stereocenters. The summed E-state index contributed by atoms with van der Waals surface area (Å²) in [7, 11) is 1.55. The average molecular weight is 457 g/mol. The van der Waals surface area contributed by atoms with Crippen molar-refractivity contribution in [2.75, 3.05) is 20.2 Å².